The third kappa shape index (κ3) is 3.05. The number of aliphatic hydroxyl groups is 1. The van der Waals surface area contributed by atoms with Crippen LogP contribution in [0.4, 0.5) is 0 Å². The molecule has 62 valence electrons. The summed E-state index contributed by atoms with van der Waals surface area (Å²) in [5, 5.41) is 9.33. The van der Waals surface area contributed by atoms with Crippen LogP contribution in [0.5, 0.6) is 0 Å². The van der Waals surface area contributed by atoms with Crippen LogP contribution in [0.15, 0.2) is 0 Å². The molecule has 0 aliphatic carbocycles. The lowest BCUT2D eigenvalue weighted by atomic mass is 10.2. The third-order valence-corrected chi connectivity index (χ3v) is 3.39. The smallest absolute Gasteiger partial charge is 0.125 e. The Morgan fingerprint density at radius 3 is 1.80 bits per heavy atom. The highest BCUT2D eigenvalue weighted by Crippen LogP contribution is 2.47. The molecule has 0 amide bonds. The monoisotopic (exact) mass is 184 g/mol. The molecule has 0 aliphatic rings. The maximum absolute atomic E-state index is 11.2. The van der Waals surface area contributed by atoms with E-state index in [1.165, 1.54) is 13.3 Å². The van der Waals surface area contributed by atoms with Gasteiger partial charge in [0.05, 0.1) is 4.87 Å². The highest BCUT2D eigenvalue weighted by Gasteiger charge is 2.34. The van der Waals surface area contributed by atoms with E-state index in [0.29, 0.717) is 0 Å². The normalized spacial score (nSPS) is 17.0. The van der Waals surface area contributed by atoms with Crippen molar-refractivity contribution < 1.29 is 9.67 Å². The number of aliphatic hydroxyl groups excluding tert-OH is 1. The maximum atomic E-state index is 11.2. The predicted octanol–water partition coefficient (Wildman–Crippen LogP) is 1.94. The fraction of sp³-hybridized carbons (Fsp3) is 1.00. The zero-order valence-electron chi connectivity index (χ0n) is 6.76. The minimum Gasteiger partial charge on any atom is -0.384 e. The largest absolute Gasteiger partial charge is 0.384 e. The van der Waals surface area contributed by atoms with Crippen molar-refractivity contribution in [2.75, 3.05) is 13.3 Å². The highest BCUT2D eigenvalue weighted by atomic mass is 35.5. The zero-order valence-corrected chi connectivity index (χ0v) is 8.41. The Hall–Kier alpha value is 0.480. The van der Waals surface area contributed by atoms with Gasteiger partial charge in [0.25, 0.3) is 0 Å². The van der Waals surface area contributed by atoms with Gasteiger partial charge in [-0.05, 0) is 27.2 Å². The number of hydrogen-bond acceptors (Lipinski definition) is 2. The zero-order chi connectivity index (χ0) is 8.58. The SMILES string of the molecule is CC(C)(Cl)C(O)P(C)(C)=O. The van der Waals surface area contributed by atoms with Gasteiger partial charge in [-0.1, -0.05) is 0 Å². The second-order valence-corrected chi connectivity index (χ2v) is 7.70. The molecule has 2 nitrogen and oxygen atoms in total. The molecule has 1 atom stereocenters. The first-order valence-electron chi connectivity index (χ1n) is 3.07. The van der Waals surface area contributed by atoms with Crippen molar-refractivity contribution in [3.63, 3.8) is 0 Å². The Bertz CT molecular complexity index is 156. The summed E-state index contributed by atoms with van der Waals surface area (Å²) < 4.78 is 11.2. The summed E-state index contributed by atoms with van der Waals surface area (Å²) in [6, 6.07) is 0. The molecule has 4 heteroatoms. The Morgan fingerprint density at radius 2 is 1.80 bits per heavy atom. The fourth-order valence-electron chi connectivity index (χ4n) is 0.739. The van der Waals surface area contributed by atoms with Crippen molar-refractivity contribution in [3.8, 4) is 0 Å². The van der Waals surface area contributed by atoms with Crippen LogP contribution in [0, 0.1) is 0 Å². The van der Waals surface area contributed by atoms with Gasteiger partial charge in [0.15, 0.2) is 0 Å². The van der Waals surface area contributed by atoms with Crippen LogP contribution in [0.1, 0.15) is 13.8 Å². The van der Waals surface area contributed by atoms with Crippen molar-refractivity contribution in [2.45, 2.75) is 24.6 Å². The van der Waals surface area contributed by atoms with Crippen molar-refractivity contribution in [1.82, 2.24) is 0 Å². The van der Waals surface area contributed by atoms with Crippen LogP contribution in [0.2, 0.25) is 0 Å². The van der Waals surface area contributed by atoms with Crippen molar-refractivity contribution in [2.24, 2.45) is 0 Å². The molecule has 0 bridgehead atoms. The second kappa shape index (κ2) is 2.84. The third-order valence-electron chi connectivity index (χ3n) is 1.20. The Labute approximate surface area is 67.0 Å². The molecule has 0 aromatic heterocycles. The summed E-state index contributed by atoms with van der Waals surface area (Å²) in [7, 11) is -2.45. The molecule has 0 saturated carbocycles. The van der Waals surface area contributed by atoms with Gasteiger partial charge in [-0.15, -0.1) is 11.6 Å². The molecule has 0 aliphatic heterocycles. The summed E-state index contributed by atoms with van der Waals surface area (Å²) in [5.74, 6) is -0.915. The summed E-state index contributed by atoms with van der Waals surface area (Å²) in [4.78, 5) is -0.793. The van der Waals surface area contributed by atoms with Gasteiger partial charge in [-0.2, -0.15) is 0 Å². The minimum atomic E-state index is -2.45. The van der Waals surface area contributed by atoms with E-state index < -0.39 is 17.9 Å². The summed E-state index contributed by atoms with van der Waals surface area (Å²) >= 11 is 5.75. The van der Waals surface area contributed by atoms with E-state index in [2.05, 4.69) is 0 Å². The predicted molar refractivity (Wildman–Crippen MR) is 45.4 cm³/mol. The summed E-state index contributed by atoms with van der Waals surface area (Å²) in [6.45, 7) is 6.36. The molecule has 10 heavy (non-hydrogen) atoms. The van der Waals surface area contributed by atoms with E-state index in [9.17, 15) is 9.67 Å². The lowest BCUT2D eigenvalue weighted by molar-refractivity contribution is 0.212. The first kappa shape index (κ1) is 10.5. The van der Waals surface area contributed by atoms with Crippen LogP contribution >= 0.6 is 18.7 Å². The second-order valence-electron chi connectivity index (χ2n) is 3.37. The molecule has 0 radical (unpaired) electrons. The Morgan fingerprint density at radius 1 is 1.50 bits per heavy atom. The van der Waals surface area contributed by atoms with Gasteiger partial charge in [0.1, 0.15) is 13.0 Å². The molecule has 0 aromatic rings. The first-order chi connectivity index (χ1) is 4.15. The topological polar surface area (TPSA) is 37.3 Å². The molecule has 0 fully saturated rings. The molecule has 0 rings (SSSR count). The van der Waals surface area contributed by atoms with Gasteiger partial charge in [0.2, 0.25) is 0 Å². The van der Waals surface area contributed by atoms with Gasteiger partial charge < -0.3 is 9.67 Å². The van der Waals surface area contributed by atoms with Crippen molar-refractivity contribution >= 4 is 18.7 Å². The quantitative estimate of drug-likeness (QED) is 0.526. The van der Waals surface area contributed by atoms with Crippen molar-refractivity contribution in [3.05, 3.63) is 0 Å². The lowest BCUT2D eigenvalue weighted by Crippen LogP contribution is -2.29. The maximum Gasteiger partial charge on any atom is 0.125 e. The van der Waals surface area contributed by atoms with E-state index in [1.54, 1.807) is 13.8 Å². The minimum absolute atomic E-state index is 0.793. The Kier molecular flexibility index (Phi) is 2.98. The first-order valence-corrected chi connectivity index (χ1v) is 6.12. The summed E-state index contributed by atoms with van der Waals surface area (Å²) in [5.41, 5.74) is 0. The number of rotatable bonds is 2. The number of halogens is 1. The van der Waals surface area contributed by atoms with E-state index in [0.717, 1.165) is 0 Å². The summed E-state index contributed by atoms with van der Waals surface area (Å²) in [6.07, 6.45) is 0. The van der Waals surface area contributed by atoms with Gasteiger partial charge in [0, 0.05) is 0 Å². The molecule has 0 aromatic carbocycles. The van der Waals surface area contributed by atoms with Crippen LogP contribution < -0.4 is 0 Å². The van der Waals surface area contributed by atoms with E-state index in [-0.39, 0.29) is 0 Å². The molecular weight excluding hydrogens is 170 g/mol. The molecule has 1 N–H and O–H groups in total. The average molecular weight is 185 g/mol. The molecule has 1 unspecified atom stereocenters. The highest BCUT2D eigenvalue weighted by molar-refractivity contribution is 7.63. The van der Waals surface area contributed by atoms with Crippen LogP contribution in [0.3, 0.4) is 0 Å². The van der Waals surface area contributed by atoms with Crippen LogP contribution in [-0.4, -0.2) is 29.2 Å². The van der Waals surface area contributed by atoms with Gasteiger partial charge in [-0.3, -0.25) is 0 Å². The Balaban J connectivity index is 4.39. The number of hydrogen-bond donors (Lipinski definition) is 1. The molecule has 0 heterocycles. The fourth-order valence-corrected chi connectivity index (χ4v) is 2.92. The van der Waals surface area contributed by atoms with Crippen molar-refractivity contribution in [1.29, 1.82) is 0 Å². The number of alkyl halides is 1. The molecular formula is C6H14ClO2P. The van der Waals surface area contributed by atoms with E-state index in [1.807, 2.05) is 0 Å². The van der Waals surface area contributed by atoms with Gasteiger partial charge >= 0.3 is 0 Å². The lowest BCUT2D eigenvalue weighted by Gasteiger charge is -2.26. The van der Waals surface area contributed by atoms with E-state index >= 15 is 0 Å². The standard InChI is InChI=1S/C6H14ClO2P/c1-6(2,7)5(8)10(3,4)9/h5,8H,1-4H3. The molecule has 0 saturated heterocycles. The van der Waals surface area contributed by atoms with Gasteiger partial charge in [-0.25, -0.2) is 0 Å². The molecule has 0 spiro atoms. The van der Waals surface area contributed by atoms with Crippen LogP contribution in [-0.2, 0) is 4.57 Å². The van der Waals surface area contributed by atoms with E-state index in [4.69, 9.17) is 11.6 Å². The van der Waals surface area contributed by atoms with Crippen LogP contribution in [0.25, 0.3) is 0 Å². The average Bonchev–Trinajstić information content (AvgIpc) is 1.59.